The van der Waals surface area contributed by atoms with E-state index in [9.17, 15) is 0 Å². The molecular weight excluding hydrogens is 629 g/mol. The van der Waals surface area contributed by atoms with Crippen LogP contribution < -0.4 is 4.90 Å². The molecule has 244 valence electrons. The van der Waals surface area contributed by atoms with E-state index in [0.29, 0.717) is 0 Å². The highest BCUT2D eigenvalue weighted by Crippen LogP contribution is 2.39. The lowest BCUT2D eigenvalue weighted by Gasteiger charge is -2.26. The Hall–Kier alpha value is -6.90. The van der Waals surface area contributed by atoms with Crippen LogP contribution in [0.1, 0.15) is 0 Å². The summed E-state index contributed by atoms with van der Waals surface area (Å²) in [4.78, 5) is 2.32. The largest absolute Gasteiger partial charge is 0.311 e. The van der Waals surface area contributed by atoms with Crippen LogP contribution in [0.15, 0.2) is 206 Å². The van der Waals surface area contributed by atoms with E-state index in [4.69, 9.17) is 0 Å². The molecule has 0 saturated heterocycles. The molecule has 1 heterocycles. The summed E-state index contributed by atoms with van der Waals surface area (Å²) in [6.07, 6.45) is 0. The topological polar surface area (TPSA) is 8.17 Å². The van der Waals surface area contributed by atoms with Crippen molar-refractivity contribution in [2.24, 2.45) is 0 Å². The predicted octanol–water partition coefficient (Wildman–Crippen LogP) is 13.9. The summed E-state index contributed by atoms with van der Waals surface area (Å²) < 4.78 is 2.44. The lowest BCUT2D eigenvalue weighted by molar-refractivity contribution is 1.19. The van der Waals surface area contributed by atoms with Gasteiger partial charge in [-0.2, -0.15) is 0 Å². The molecule has 0 unspecified atom stereocenters. The fourth-order valence-corrected chi connectivity index (χ4v) is 7.81. The van der Waals surface area contributed by atoms with Crippen LogP contribution in [-0.4, -0.2) is 4.57 Å². The number of anilines is 3. The van der Waals surface area contributed by atoms with Gasteiger partial charge in [0.15, 0.2) is 0 Å². The molecule has 0 N–H and O–H groups in total. The van der Waals surface area contributed by atoms with E-state index in [-0.39, 0.29) is 0 Å². The molecule has 2 nitrogen and oxygen atoms in total. The van der Waals surface area contributed by atoms with Crippen molar-refractivity contribution in [2.75, 3.05) is 4.90 Å². The fourth-order valence-electron chi connectivity index (χ4n) is 7.81. The van der Waals surface area contributed by atoms with Gasteiger partial charge in [0.25, 0.3) is 0 Å². The van der Waals surface area contributed by atoms with E-state index < -0.39 is 0 Å². The quantitative estimate of drug-likeness (QED) is 0.172. The van der Waals surface area contributed by atoms with E-state index in [2.05, 4.69) is 216 Å². The van der Waals surface area contributed by atoms with Crippen LogP contribution in [0, 0.1) is 0 Å². The van der Waals surface area contributed by atoms with Gasteiger partial charge in [-0.1, -0.05) is 146 Å². The van der Waals surface area contributed by atoms with Gasteiger partial charge in [0, 0.05) is 38.9 Å². The van der Waals surface area contributed by atoms with Crippen molar-refractivity contribution in [1.82, 2.24) is 4.57 Å². The first kappa shape index (κ1) is 30.0. The smallest absolute Gasteiger partial charge is 0.0619 e. The number of hydrogen-bond acceptors (Lipinski definition) is 1. The summed E-state index contributed by atoms with van der Waals surface area (Å²) in [6, 6.07) is 74.6. The second-order valence-corrected chi connectivity index (χ2v) is 13.4. The van der Waals surface area contributed by atoms with Crippen molar-refractivity contribution in [1.29, 1.82) is 0 Å². The first-order valence-electron chi connectivity index (χ1n) is 17.8. The summed E-state index contributed by atoms with van der Waals surface area (Å²) in [7, 11) is 0. The maximum absolute atomic E-state index is 2.44. The minimum Gasteiger partial charge on any atom is -0.311 e. The summed E-state index contributed by atoms with van der Waals surface area (Å²) in [5.74, 6) is 0. The predicted molar refractivity (Wildman–Crippen MR) is 221 cm³/mol. The van der Waals surface area contributed by atoms with Crippen molar-refractivity contribution < 1.29 is 0 Å². The molecule has 1 aromatic heterocycles. The Balaban J connectivity index is 1.00. The van der Waals surface area contributed by atoms with Crippen molar-refractivity contribution in [3.63, 3.8) is 0 Å². The SMILES string of the molecule is c1ccc(-c2ccc(N(c3ccccc3)c3ccc(-c4ccc5cc(-n6c7ccccc7c7ccc8ccccc8c76)ccc5c4)cc3)cc2)cc1. The first-order valence-corrected chi connectivity index (χ1v) is 17.8. The van der Waals surface area contributed by atoms with E-state index in [1.54, 1.807) is 0 Å². The van der Waals surface area contributed by atoms with E-state index in [0.717, 1.165) is 17.1 Å². The monoisotopic (exact) mass is 662 g/mol. The van der Waals surface area contributed by atoms with E-state index in [1.165, 1.54) is 71.3 Å². The third-order valence-electron chi connectivity index (χ3n) is 10.3. The molecule has 0 saturated carbocycles. The van der Waals surface area contributed by atoms with Crippen molar-refractivity contribution in [3.8, 4) is 27.9 Å². The molecule has 0 atom stereocenters. The zero-order valence-corrected chi connectivity index (χ0v) is 28.5. The average Bonchev–Trinajstić information content (AvgIpc) is 3.57. The molecular formula is C50H34N2. The molecule has 10 aromatic rings. The lowest BCUT2D eigenvalue weighted by Crippen LogP contribution is -2.09. The molecule has 0 spiro atoms. The van der Waals surface area contributed by atoms with Crippen LogP contribution in [-0.2, 0) is 0 Å². The van der Waals surface area contributed by atoms with Gasteiger partial charge in [0.1, 0.15) is 0 Å². The Labute approximate surface area is 303 Å². The molecule has 0 fully saturated rings. The molecule has 0 aliphatic heterocycles. The molecule has 9 aromatic carbocycles. The van der Waals surface area contributed by atoms with E-state index >= 15 is 0 Å². The maximum Gasteiger partial charge on any atom is 0.0619 e. The number of fused-ring (bicyclic) bond motifs is 6. The van der Waals surface area contributed by atoms with Crippen LogP contribution in [0.25, 0.3) is 71.3 Å². The number of hydrogen-bond donors (Lipinski definition) is 0. The zero-order valence-electron chi connectivity index (χ0n) is 28.5. The molecule has 0 amide bonds. The second kappa shape index (κ2) is 12.5. The number of rotatable bonds is 6. The summed E-state index contributed by atoms with van der Waals surface area (Å²) in [5.41, 5.74) is 11.8. The summed E-state index contributed by atoms with van der Waals surface area (Å²) in [5, 5.41) is 7.52. The average molecular weight is 663 g/mol. The number of aromatic nitrogens is 1. The van der Waals surface area contributed by atoms with Gasteiger partial charge in [0.05, 0.1) is 11.0 Å². The fraction of sp³-hybridized carbons (Fsp3) is 0. The number of benzene rings is 9. The molecule has 0 aliphatic rings. The standard InChI is InChI=1S/C50H34N2/c1-3-11-35(12-4-1)36-21-27-43(28-22-36)51(42-14-5-2-6-15-42)44-29-23-37(24-30-44)39-19-20-41-34-45(31-25-40(41)33-39)52-49-18-10-9-17-47(49)48-32-26-38-13-7-8-16-46(38)50(48)52/h1-34H. The van der Waals surface area contributed by atoms with E-state index in [1.807, 2.05) is 0 Å². The van der Waals surface area contributed by atoms with Gasteiger partial charge >= 0.3 is 0 Å². The number of para-hydroxylation sites is 2. The summed E-state index contributed by atoms with van der Waals surface area (Å²) >= 11 is 0. The third kappa shape index (κ3) is 5.12. The molecule has 0 aliphatic carbocycles. The van der Waals surface area contributed by atoms with Crippen molar-refractivity contribution in [2.45, 2.75) is 0 Å². The minimum atomic E-state index is 1.12. The normalized spacial score (nSPS) is 11.5. The van der Waals surface area contributed by atoms with Crippen molar-refractivity contribution in [3.05, 3.63) is 206 Å². The molecule has 2 heteroatoms. The minimum absolute atomic E-state index is 1.12. The van der Waals surface area contributed by atoms with Crippen molar-refractivity contribution >= 4 is 60.4 Å². The van der Waals surface area contributed by atoms with Crippen LogP contribution in [0.3, 0.4) is 0 Å². The first-order chi connectivity index (χ1) is 25.8. The summed E-state index contributed by atoms with van der Waals surface area (Å²) in [6.45, 7) is 0. The molecule has 10 rings (SSSR count). The third-order valence-corrected chi connectivity index (χ3v) is 10.3. The highest BCUT2D eigenvalue weighted by atomic mass is 15.1. The van der Waals surface area contributed by atoms with Crippen LogP contribution in [0.5, 0.6) is 0 Å². The Kier molecular flexibility index (Phi) is 7.18. The second-order valence-electron chi connectivity index (χ2n) is 13.4. The van der Waals surface area contributed by atoms with Crippen LogP contribution in [0.4, 0.5) is 17.1 Å². The van der Waals surface area contributed by atoms with Crippen LogP contribution in [0.2, 0.25) is 0 Å². The molecule has 52 heavy (non-hydrogen) atoms. The zero-order chi connectivity index (χ0) is 34.4. The van der Waals surface area contributed by atoms with Crippen LogP contribution >= 0.6 is 0 Å². The maximum atomic E-state index is 2.44. The molecule has 0 radical (unpaired) electrons. The van der Waals surface area contributed by atoms with Gasteiger partial charge in [-0.05, 0) is 99.1 Å². The highest BCUT2D eigenvalue weighted by molar-refractivity contribution is 6.18. The molecule has 0 bridgehead atoms. The highest BCUT2D eigenvalue weighted by Gasteiger charge is 2.16. The van der Waals surface area contributed by atoms with Gasteiger partial charge in [0.2, 0.25) is 0 Å². The Morgan fingerprint density at radius 3 is 1.58 bits per heavy atom. The van der Waals surface area contributed by atoms with Gasteiger partial charge < -0.3 is 9.47 Å². The Bertz CT molecular complexity index is 2870. The lowest BCUT2D eigenvalue weighted by atomic mass is 10.00. The Morgan fingerprint density at radius 2 is 0.827 bits per heavy atom. The van der Waals surface area contributed by atoms with Gasteiger partial charge in [-0.25, -0.2) is 0 Å². The van der Waals surface area contributed by atoms with Gasteiger partial charge in [-0.15, -0.1) is 0 Å². The number of nitrogens with zero attached hydrogens (tertiary/aromatic N) is 2. The van der Waals surface area contributed by atoms with Gasteiger partial charge in [-0.3, -0.25) is 0 Å². The Morgan fingerprint density at radius 1 is 0.308 bits per heavy atom.